The van der Waals surface area contributed by atoms with E-state index in [1.807, 2.05) is 0 Å². The number of carbonyl (C=O) groups excluding carboxylic acids is 2. The molecule has 0 saturated carbocycles. The summed E-state index contributed by atoms with van der Waals surface area (Å²) in [5, 5.41) is 24.9. The average molecular weight is 430 g/mol. The summed E-state index contributed by atoms with van der Waals surface area (Å²) in [6.07, 6.45) is 1.69. The number of carbonyl (C=O) groups is 2. The second-order valence-corrected chi connectivity index (χ2v) is 7.51. The molecule has 1 saturated heterocycles. The van der Waals surface area contributed by atoms with Crippen molar-refractivity contribution in [1.29, 1.82) is 0 Å². The van der Waals surface area contributed by atoms with Crippen LogP contribution in [0.5, 0.6) is 11.6 Å². The van der Waals surface area contributed by atoms with Crippen LogP contribution in [0.15, 0.2) is 42.6 Å². The van der Waals surface area contributed by atoms with E-state index in [4.69, 9.17) is 4.74 Å². The van der Waals surface area contributed by atoms with E-state index in [2.05, 4.69) is 32.8 Å². The number of aromatic hydroxyl groups is 1. The molecule has 3 amide bonds. The van der Waals surface area contributed by atoms with Crippen LogP contribution in [0.3, 0.4) is 0 Å². The molecule has 0 spiro atoms. The number of aromatic nitrogens is 4. The number of nitrogens with zero attached hydrogens (tertiary/aromatic N) is 4. The van der Waals surface area contributed by atoms with Gasteiger partial charge in [-0.2, -0.15) is 0 Å². The Morgan fingerprint density at radius 2 is 2.06 bits per heavy atom. The third-order valence-electron chi connectivity index (χ3n) is 5.45. The van der Waals surface area contributed by atoms with Crippen molar-refractivity contribution in [2.24, 2.45) is 7.05 Å². The van der Waals surface area contributed by atoms with Gasteiger partial charge in [0.1, 0.15) is 11.3 Å². The third-order valence-corrected chi connectivity index (χ3v) is 5.45. The number of ether oxygens (including phenoxy) is 1. The molecule has 0 aliphatic carbocycles. The number of aryl methyl sites for hydroxylation is 1. The first-order chi connectivity index (χ1) is 15.4. The van der Waals surface area contributed by atoms with Crippen LogP contribution in [-0.2, 0) is 18.4 Å². The van der Waals surface area contributed by atoms with Crippen LogP contribution in [-0.4, -0.2) is 49.3 Å². The predicted octanol–water partition coefficient (Wildman–Crippen LogP) is 1.27. The molecule has 10 heteroatoms. The molecule has 0 bridgehead atoms. The highest BCUT2D eigenvalue weighted by molar-refractivity contribution is 6.09. The van der Waals surface area contributed by atoms with Gasteiger partial charge in [0.05, 0.1) is 19.2 Å². The molecule has 1 atom stereocenters. The second kappa shape index (κ2) is 7.02. The van der Waals surface area contributed by atoms with Gasteiger partial charge in [0.15, 0.2) is 5.88 Å². The van der Waals surface area contributed by atoms with Gasteiger partial charge < -0.3 is 19.7 Å². The summed E-state index contributed by atoms with van der Waals surface area (Å²) in [4.78, 5) is 24.7. The number of amides is 3. The van der Waals surface area contributed by atoms with Crippen LogP contribution in [0, 0.1) is 11.8 Å². The average Bonchev–Trinajstić information content (AvgIpc) is 3.40. The number of methoxy groups -OCH3 is 1. The lowest BCUT2D eigenvalue weighted by molar-refractivity contribution is -0.122. The fourth-order valence-electron chi connectivity index (χ4n) is 3.75. The first kappa shape index (κ1) is 19.4. The van der Waals surface area contributed by atoms with Gasteiger partial charge in [0, 0.05) is 29.6 Å². The fourth-order valence-corrected chi connectivity index (χ4v) is 3.75. The molecule has 2 aromatic heterocycles. The van der Waals surface area contributed by atoms with Crippen molar-refractivity contribution < 1.29 is 19.4 Å². The molecule has 160 valence electrons. The summed E-state index contributed by atoms with van der Waals surface area (Å²) in [5.41, 5.74) is 0.573. The zero-order chi connectivity index (χ0) is 22.5. The van der Waals surface area contributed by atoms with Crippen LogP contribution in [0.25, 0.3) is 21.8 Å². The van der Waals surface area contributed by atoms with Crippen LogP contribution >= 0.6 is 0 Å². The number of rotatable bonds is 3. The molecule has 32 heavy (non-hydrogen) atoms. The van der Waals surface area contributed by atoms with Gasteiger partial charge in [-0.1, -0.05) is 17.1 Å². The Kier molecular flexibility index (Phi) is 4.27. The zero-order valence-corrected chi connectivity index (χ0v) is 17.2. The molecular formula is C22H18N6O4. The van der Waals surface area contributed by atoms with Crippen LogP contribution in [0.2, 0.25) is 0 Å². The predicted molar refractivity (Wildman–Crippen MR) is 115 cm³/mol. The lowest BCUT2D eigenvalue weighted by Crippen LogP contribution is -2.49. The molecular weight excluding hydrogens is 412 g/mol. The number of nitrogens with one attached hydrogen (secondary N) is 2. The molecule has 1 aliphatic heterocycles. The molecule has 3 N–H and O–H groups in total. The Morgan fingerprint density at radius 3 is 2.81 bits per heavy atom. The van der Waals surface area contributed by atoms with Crippen molar-refractivity contribution in [3.8, 4) is 23.5 Å². The summed E-state index contributed by atoms with van der Waals surface area (Å²) in [5.74, 6) is 5.82. The number of urea groups is 1. The minimum Gasteiger partial charge on any atom is -0.497 e. The molecule has 5 rings (SSSR count). The van der Waals surface area contributed by atoms with E-state index in [9.17, 15) is 14.7 Å². The first-order valence-corrected chi connectivity index (χ1v) is 9.70. The van der Waals surface area contributed by atoms with E-state index in [1.54, 1.807) is 54.3 Å². The van der Waals surface area contributed by atoms with E-state index in [0.29, 0.717) is 16.7 Å². The largest absolute Gasteiger partial charge is 0.497 e. The minimum atomic E-state index is -1.56. The molecule has 3 heterocycles. The van der Waals surface area contributed by atoms with E-state index in [1.165, 1.54) is 11.7 Å². The molecule has 0 unspecified atom stereocenters. The Balaban J connectivity index is 1.56. The van der Waals surface area contributed by atoms with E-state index < -0.39 is 17.5 Å². The summed E-state index contributed by atoms with van der Waals surface area (Å²) in [7, 11) is 3.31. The number of hydrogen-bond acceptors (Lipinski definition) is 6. The number of imide groups is 1. The highest BCUT2D eigenvalue weighted by Crippen LogP contribution is 2.32. The fraction of sp³-hybridized carbons (Fsp3) is 0.182. The Morgan fingerprint density at radius 1 is 1.22 bits per heavy atom. The lowest BCUT2D eigenvalue weighted by atomic mass is 9.99. The lowest BCUT2D eigenvalue weighted by Gasteiger charge is -2.20. The van der Waals surface area contributed by atoms with Gasteiger partial charge in [-0.3, -0.25) is 10.1 Å². The molecule has 10 nitrogen and oxygen atoms in total. The van der Waals surface area contributed by atoms with Crippen molar-refractivity contribution in [2.75, 3.05) is 7.11 Å². The van der Waals surface area contributed by atoms with Crippen LogP contribution in [0.1, 0.15) is 5.56 Å². The maximum atomic E-state index is 12.7. The Bertz CT molecular complexity index is 1470. The molecule has 2 aromatic carbocycles. The smallest absolute Gasteiger partial charge is 0.323 e. The number of hydrogen-bond donors (Lipinski definition) is 3. The van der Waals surface area contributed by atoms with Gasteiger partial charge in [-0.15, -0.1) is 5.10 Å². The van der Waals surface area contributed by atoms with Crippen molar-refractivity contribution in [2.45, 2.75) is 12.1 Å². The topological polar surface area (TPSA) is 123 Å². The van der Waals surface area contributed by atoms with E-state index in [0.717, 1.165) is 16.4 Å². The van der Waals surface area contributed by atoms with Gasteiger partial charge in [-0.05, 0) is 36.4 Å². The maximum absolute atomic E-state index is 12.7. The third kappa shape index (κ3) is 3.07. The minimum absolute atomic E-state index is 0.0589. The van der Waals surface area contributed by atoms with Crippen LogP contribution in [0.4, 0.5) is 4.79 Å². The second-order valence-electron chi connectivity index (χ2n) is 7.51. The Hall–Kier alpha value is -4.52. The molecule has 4 aromatic rings. The van der Waals surface area contributed by atoms with Crippen LogP contribution < -0.4 is 15.4 Å². The highest BCUT2D eigenvalue weighted by atomic mass is 16.5. The number of fused-ring (bicyclic) bond motifs is 2. The standard InChI is InChI=1S/C22H18N6O4/c1-27-18-9-13(3-6-17(18)25-26-27)7-8-22(20(30)23-21(31)24-22)12-28-11-14-4-5-15(32-2)10-16(14)19(28)29/h3-6,9-11,29H,12H2,1-2H3,(H2,23,24,30,31)/t22-/m1/s1. The van der Waals surface area contributed by atoms with Gasteiger partial charge >= 0.3 is 6.03 Å². The SMILES string of the molecule is COc1ccc2cn(C[C@@]3(C#Cc4ccc5nnn(C)c5c4)NC(=O)NC3=O)c(O)c2c1. The first-order valence-electron chi connectivity index (χ1n) is 9.70. The summed E-state index contributed by atoms with van der Waals surface area (Å²) in [6.45, 7) is -0.0874. The maximum Gasteiger partial charge on any atom is 0.323 e. The highest BCUT2D eigenvalue weighted by Gasteiger charge is 2.46. The van der Waals surface area contributed by atoms with Gasteiger partial charge in [0.25, 0.3) is 5.91 Å². The summed E-state index contributed by atoms with van der Waals surface area (Å²) >= 11 is 0. The molecule has 1 aliphatic rings. The Labute approximate surface area is 181 Å². The van der Waals surface area contributed by atoms with Crippen molar-refractivity contribution in [1.82, 2.24) is 30.2 Å². The quantitative estimate of drug-likeness (QED) is 0.332. The normalized spacial score (nSPS) is 17.8. The van der Waals surface area contributed by atoms with Crippen molar-refractivity contribution in [3.63, 3.8) is 0 Å². The van der Waals surface area contributed by atoms with Gasteiger partial charge in [0.2, 0.25) is 5.54 Å². The number of benzene rings is 2. The monoisotopic (exact) mass is 430 g/mol. The van der Waals surface area contributed by atoms with Gasteiger partial charge in [-0.25, -0.2) is 9.48 Å². The van der Waals surface area contributed by atoms with E-state index in [-0.39, 0.29) is 12.4 Å². The van der Waals surface area contributed by atoms with Crippen molar-refractivity contribution >= 4 is 33.7 Å². The summed E-state index contributed by atoms with van der Waals surface area (Å²) in [6, 6.07) is 9.98. The van der Waals surface area contributed by atoms with Crippen molar-refractivity contribution in [3.05, 3.63) is 48.2 Å². The summed E-state index contributed by atoms with van der Waals surface area (Å²) < 4.78 is 8.32. The molecule has 1 fully saturated rings. The zero-order valence-electron chi connectivity index (χ0n) is 17.2. The molecule has 0 radical (unpaired) electrons. The van der Waals surface area contributed by atoms with E-state index >= 15 is 0 Å².